The van der Waals surface area contributed by atoms with Crippen LogP contribution in [0.2, 0.25) is 0 Å². The Kier molecular flexibility index (Phi) is 7.02. The largest absolute Gasteiger partial charge is 0.497 e. The van der Waals surface area contributed by atoms with Gasteiger partial charge in [-0.2, -0.15) is 0 Å². The van der Waals surface area contributed by atoms with Gasteiger partial charge >= 0.3 is 0 Å². The van der Waals surface area contributed by atoms with Gasteiger partial charge < -0.3 is 23.9 Å². The standard InChI is InChI=1S/C25H29NO5/c1-15(11-23(27)26-16(2)13-28-4)20-12-21-22(18-7-9-19(29-5)10-8-18)14-31-25(21)17(3)24(20)30-6/h7-12,14,16H,13H2,1-6H3,(H,26,27)/b15-11+. The second kappa shape index (κ2) is 9.71. The monoisotopic (exact) mass is 423 g/mol. The van der Waals surface area contributed by atoms with Crippen molar-refractivity contribution in [3.8, 4) is 22.6 Å². The predicted molar refractivity (Wildman–Crippen MR) is 123 cm³/mol. The molecule has 2 aromatic carbocycles. The minimum atomic E-state index is -0.176. The van der Waals surface area contributed by atoms with Crippen LogP contribution in [0.4, 0.5) is 0 Å². The summed E-state index contributed by atoms with van der Waals surface area (Å²) in [5.41, 5.74) is 5.27. The van der Waals surface area contributed by atoms with Gasteiger partial charge in [0.05, 0.1) is 27.1 Å². The van der Waals surface area contributed by atoms with E-state index < -0.39 is 0 Å². The Labute approximate surface area is 182 Å². The van der Waals surface area contributed by atoms with Crippen molar-refractivity contribution in [3.05, 3.63) is 53.8 Å². The Balaban J connectivity index is 2.06. The highest BCUT2D eigenvalue weighted by molar-refractivity contribution is 6.01. The van der Waals surface area contributed by atoms with Gasteiger partial charge in [-0.25, -0.2) is 0 Å². The summed E-state index contributed by atoms with van der Waals surface area (Å²) in [6.45, 7) is 6.21. The first-order valence-electron chi connectivity index (χ1n) is 10.1. The second-order valence-electron chi connectivity index (χ2n) is 7.53. The molecule has 1 aromatic heterocycles. The number of amides is 1. The highest BCUT2D eigenvalue weighted by Crippen LogP contribution is 2.40. The minimum Gasteiger partial charge on any atom is -0.497 e. The number of hydrogen-bond acceptors (Lipinski definition) is 5. The number of carbonyl (C=O) groups is 1. The van der Waals surface area contributed by atoms with Crippen LogP contribution in [0, 0.1) is 6.92 Å². The van der Waals surface area contributed by atoms with Gasteiger partial charge in [0.2, 0.25) is 5.91 Å². The molecule has 0 fully saturated rings. The Morgan fingerprint density at radius 1 is 1.16 bits per heavy atom. The smallest absolute Gasteiger partial charge is 0.244 e. The van der Waals surface area contributed by atoms with E-state index in [4.69, 9.17) is 18.6 Å². The van der Waals surface area contributed by atoms with Crippen LogP contribution in [0.3, 0.4) is 0 Å². The van der Waals surface area contributed by atoms with Gasteiger partial charge in [0.1, 0.15) is 17.1 Å². The molecule has 0 bridgehead atoms. The average Bonchev–Trinajstić information content (AvgIpc) is 3.18. The molecule has 1 atom stereocenters. The van der Waals surface area contributed by atoms with Crippen molar-refractivity contribution >= 4 is 22.4 Å². The molecule has 0 aliphatic heterocycles. The maximum Gasteiger partial charge on any atom is 0.244 e. The minimum absolute atomic E-state index is 0.0804. The van der Waals surface area contributed by atoms with E-state index in [2.05, 4.69) is 5.32 Å². The first-order chi connectivity index (χ1) is 14.9. The molecule has 0 aliphatic carbocycles. The quantitative estimate of drug-likeness (QED) is 0.518. The molecular weight excluding hydrogens is 394 g/mol. The van der Waals surface area contributed by atoms with E-state index in [1.165, 1.54) is 0 Å². The number of methoxy groups -OCH3 is 3. The van der Waals surface area contributed by atoms with Crippen molar-refractivity contribution in [2.45, 2.75) is 26.8 Å². The molecule has 0 radical (unpaired) electrons. The third-order valence-electron chi connectivity index (χ3n) is 5.23. The lowest BCUT2D eigenvalue weighted by molar-refractivity contribution is -0.117. The van der Waals surface area contributed by atoms with E-state index in [9.17, 15) is 4.79 Å². The fraction of sp³-hybridized carbons (Fsp3) is 0.320. The molecule has 0 saturated carbocycles. The van der Waals surface area contributed by atoms with Crippen LogP contribution in [-0.4, -0.2) is 39.9 Å². The second-order valence-corrected chi connectivity index (χ2v) is 7.53. The van der Waals surface area contributed by atoms with Crippen LogP contribution < -0.4 is 14.8 Å². The molecule has 1 heterocycles. The predicted octanol–water partition coefficient (Wildman–Crippen LogP) is 4.98. The molecule has 6 heteroatoms. The zero-order chi connectivity index (χ0) is 22.5. The number of nitrogens with one attached hydrogen (secondary N) is 1. The lowest BCUT2D eigenvalue weighted by atomic mass is 9.96. The van der Waals surface area contributed by atoms with Crippen molar-refractivity contribution in [1.29, 1.82) is 0 Å². The number of carbonyl (C=O) groups excluding carboxylic acids is 1. The van der Waals surface area contributed by atoms with Crippen LogP contribution in [0.5, 0.6) is 11.5 Å². The molecule has 3 rings (SSSR count). The number of aryl methyl sites for hydroxylation is 1. The topological polar surface area (TPSA) is 69.9 Å². The molecule has 3 aromatic rings. The summed E-state index contributed by atoms with van der Waals surface area (Å²) in [6, 6.07) is 9.76. The van der Waals surface area contributed by atoms with E-state index in [1.807, 2.05) is 51.1 Å². The molecule has 1 unspecified atom stereocenters. The third kappa shape index (κ3) is 4.75. The van der Waals surface area contributed by atoms with Crippen molar-refractivity contribution in [3.63, 3.8) is 0 Å². The lowest BCUT2D eigenvalue weighted by Gasteiger charge is -2.14. The van der Waals surface area contributed by atoms with Crippen LogP contribution in [0.25, 0.3) is 27.7 Å². The number of ether oxygens (including phenoxy) is 3. The first kappa shape index (κ1) is 22.4. The van der Waals surface area contributed by atoms with Crippen LogP contribution in [0.1, 0.15) is 25.0 Å². The molecule has 0 aliphatic rings. The summed E-state index contributed by atoms with van der Waals surface area (Å²) in [5, 5.41) is 3.86. The Morgan fingerprint density at radius 2 is 1.87 bits per heavy atom. The maximum atomic E-state index is 12.4. The first-order valence-corrected chi connectivity index (χ1v) is 10.1. The summed E-state index contributed by atoms with van der Waals surface area (Å²) in [5.74, 6) is 1.31. The summed E-state index contributed by atoms with van der Waals surface area (Å²) in [7, 11) is 4.88. The summed E-state index contributed by atoms with van der Waals surface area (Å²) >= 11 is 0. The number of hydrogen-bond donors (Lipinski definition) is 1. The number of rotatable bonds is 8. The van der Waals surface area contributed by atoms with Gasteiger partial charge in [0, 0.05) is 41.3 Å². The summed E-state index contributed by atoms with van der Waals surface area (Å²) in [4.78, 5) is 12.4. The van der Waals surface area contributed by atoms with Crippen molar-refractivity contribution in [2.24, 2.45) is 0 Å². The zero-order valence-corrected chi connectivity index (χ0v) is 18.9. The van der Waals surface area contributed by atoms with E-state index in [0.29, 0.717) is 12.4 Å². The third-order valence-corrected chi connectivity index (χ3v) is 5.23. The molecule has 6 nitrogen and oxygen atoms in total. The van der Waals surface area contributed by atoms with E-state index in [0.717, 1.165) is 44.5 Å². The molecule has 0 spiro atoms. The van der Waals surface area contributed by atoms with E-state index in [-0.39, 0.29) is 11.9 Å². The normalized spacial score (nSPS) is 12.6. The van der Waals surface area contributed by atoms with Gasteiger partial charge in [0.25, 0.3) is 0 Å². The van der Waals surface area contributed by atoms with E-state index >= 15 is 0 Å². The highest BCUT2D eigenvalue weighted by atomic mass is 16.5. The van der Waals surface area contributed by atoms with Crippen LogP contribution in [-0.2, 0) is 9.53 Å². The van der Waals surface area contributed by atoms with Crippen molar-refractivity contribution < 1.29 is 23.4 Å². The van der Waals surface area contributed by atoms with Gasteiger partial charge in [-0.15, -0.1) is 0 Å². The Hall–Kier alpha value is -3.25. The number of benzene rings is 2. The Bertz CT molecular complexity index is 1100. The fourth-order valence-corrected chi connectivity index (χ4v) is 3.72. The molecular formula is C25H29NO5. The molecule has 1 amide bonds. The highest BCUT2D eigenvalue weighted by Gasteiger charge is 2.19. The van der Waals surface area contributed by atoms with Gasteiger partial charge in [-0.05, 0) is 50.1 Å². The Morgan fingerprint density at radius 3 is 2.48 bits per heavy atom. The molecule has 164 valence electrons. The zero-order valence-electron chi connectivity index (χ0n) is 18.9. The van der Waals surface area contributed by atoms with Gasteiger partial charge in [-0.3, -0.25) is 4.79 Å². The van der Waals surface area contributed by atoms with Gasteiger partial charge in [-0.1, -0.05) is 12.1 Å². The van der Waals surface area contributed by atoms with E-state index in [1.54, 1.807) is 33.7 Å². The summed E-state index contributed by atoms with van der Waals surface area (Å²) < 4.78 is 21.9. The molecule has 0 saturated heterocycles. The van der Waals surface area contributed by atoms with Crippen LogP contribution in [0.15, 0.2) is 47.1 Å². The SMILES string of the molecule is COCC(C)NC(=O)/C=C(\C)c1cc2c(-c3ccc(OC)cc3)coc2c(C)c1OC. The van der Waals surface area contributed by atoms with Gasteiger partial charge in [0.15, 0.2) is 0 Å². The van der Waals surface area contributed by atoms with Crippen LogP contribution >= 0.6 is 0 Å². The van der Waals surface area contributed by atoms with Crippen molar-refractivity contribution in [2.75, 3.05) is 27.9 Å². The molecule has 31 heavy (non-hydrogen) atoms. The number of fused-ring (bicyclic) bond motifs is 1. The lowest BCUT2D eigenvalue weighted by Crippen LogP contribution is -2.34. The number of furan rings is 1. The number of allylic oxidation sites excluding steroid dienone is 1. The molecule has 1 N–H and O–H groups in total. The maximum absolute atomic E-state index is 12.4. The van der Waals surface area contributed by atoms with Crippen molar-refractivity contribution in [1.82, 2.24) is 5.32 Å². The summed E-state index contributed by atoms with van der Waals surface area (Å²) in [6.07, 6.45) is 3.34. The fourth-order valence-electron chi connectivity index (χ4n) is 3.72. The average molecular weight is 424 g/mol.